The Morgan fingerprint density at radius 1 is 1.28 bits per heavy atom. The molecule has 0 spiro atoms. The summed E-state index contributed by atoms with van der Waals surface area (Å²) >= 11 is 6.21. The number of aryl methyl sites for hydroxylation is 1. The molecule has 0 aliphatic rings. The lowest BCUT2D eigenvalue weighted by Gasteiger charge is -2.17. The second kappa shape index (κ2) is 6.07. The third-order valence-corrected chi connectivity index (χ3v) is 3.58. The molecular formula is C15H18ClNO. The summed E-state index contributed by atoms with van der Waals surface area (Å²) in [5, 5.41) is 4.16. The number of furan rings is 1. The van der Waals surface area contributed by atoms with Crippen LogP contribution in [0.2, 0.25) is 5.02 Å². The molecule has 96 valence electrons. The summed E-state index contributed by atoms with van der Waals surface area (Å²) in [6.07, 6.45) is 3.52. The second-order valence-corrected chi connectivity index (χ2v) is 4.70. The van der Waals surface area contributed by atoms with Gasteiger partial charge in [0.1, 0.15) is 5.76 Å². The molecule has 1 unspecified atom stereocenters. The lowest BCUT2D eigenvalue weighted by atomic mass is 9.98. The molecule has 0 radical (unpaired) electrons. The molecule has 3 heteroatoms. The molecule has 18 heavy (non-hydrogen) atoms. The van der Waals surface area contributed by atoms with Gasteiger partial charge in [0, 0.05) is 23.0 Å². The highest BCUT2D eigenvalue weighted by Gasteiger charge is 2.16. The summed E-state index contributed by atoms with van der Waals surface area (Å²) in [5.74, 6) is 1.04. The number of likely N-dealkylation sites (N-methyl/N-ethyl adjacent to an activating group) is 1. The fourth-order valence-electron chi connectivity index (χ4n) is 2.20. The average Bonchev–Trinajstić information content (AvgIpc) is 2.86. The van der Waals surface area contributed by atoms with Crippen molar-refractivity contribution in [1.29, 1.82) is 0 Å². The quantitative estimate of drug-likeness (QED) is 0.882. The van der Waals surface area contributed by atoms with Crippen molar-refractivity contribution in [2.24, 2.45) is 0 Å². The van der Waals surface area contributed by atoms with Crippen LogP contribution in [-0.2, 0) is 12.8 Å². The monoisotopic (exact) mass is 263 g/mol. The van der Waals surface area contributed by atoms with Crippen molar-refractivity contribution < 1.29 is 4.42 Å². The first kappa shape index (κ1) is 13.2. The molecule has 0 amide bonds. The molecule has 2 nitrogen and oxygen atoms in total. The van der Waals surface area contributed by atoms with Gasteiger partial charge < -0.3 is 9.73 Å². The largest absolute Gasteiger partial charge is 0.469 e. The molecule has 0 saturated heterocycles. The molecule has 0 bridgehead atoms. The van der Waals surface area contributed by atoms with Crippen molar-refractivity contribution in [2.45, 2.75) is 25.8 Å². The molecule has 1 N–H and O–H groups in total. The van der Waals surface area contributed by atoms with Gasteiger partial charge in [-0.25, -0.2) is 0 Å². The number of rotatable bonds is 5. The summed E-state index contributed by atoms with van der Waals surface area (Å²) in [6.45, 7) is 2.10. The van der Waals surface area contributed by atoms with Crippen molar-refractivity contribution in [3.8, 4) is 0 Å². The van der Waals surface area contributed by atoms with Crippen molar-refractivity contribution >= 4 is 11.6 Å². The fourth-order valence-corrected chi connectivity index (χ4v) is 2.41. The Balaban J connectivity index is 2.23. The predicted octanol–water partition coefficient (Wildman–Crippen LogP) is 4.00. The van der Waals surface area contributed by atoms with E-state index in [-0.39, 0.29) is 6.04 Å². The van der Waals surface area contributed by atoms with Crippen molar-refractivity contribution in [1.82, 2.24) is 5.32 Å². The minimum Gasteiger partial charge on any atom is -0.469 e. The minimum absolute atomic E-state index is 0.235. The zero-order valence-corrected chi connectivity index (χ0v) is 11.5. The lowest BCUT2D eigenvalue weighted by molar-refractivity contribution is 0.495. The molecule has 0 aliphatic heterocycles. The van der Waals surface area contributed by atoms with Crippen molar-refractivity contribution in [3.63, 3.8) is 0 Å². The van der Waals surface area contributed by atoms with Crippen molar-refractivity contribution in [2.75, 3.05) is 7.05 Å². The van der Waals surface area contributed by atoms with Crippen LogP contribution >= 0.6 is 11.6 Å². The Morgan fingerprint density at radius 3 is 2.72 bits per heavy atom. The number of halogens is 1. The Morgan fingerprint density at radius 2 is 2.06 bits per heavy atom. The highest BCUT2D eigenvalue weighted by Crippen LogP contribution is 2.26. The highest BCUT2D eigenvalue weighted by atomic mass is 35.5. The summed E-state index contributed by atoms with van der Waals surface area (Å²) < 4.78 is 5.49. The van der Waals surface area contributed by atoms with Gasteiger partial charge in [-0.3, -0.25) is 0 Å². The Bertz CT molecular complexity index is 507. The van der Waals surface area contributed by atoms with Gasteiger partial charge in [-0.2, -0.15) is 0 Å². The van der Waals surface area contributed by atoms with Crippen LogP contribution in [0.5, 0.6) is 0 Å². The number of nitrogens with one attached hydrogen (secondary N) is 1. The van der Waals surface area contributed by atoms with E-state index in [9.17, 15) is 0 Å². The number of hydrogen-bond acceptors (Lipinski definition) is 2. The molecule has 0 aliphatic carbocycles. The SMILES string of the molecule is CCc1occc1C(Cc1ccccc1Cl)NC. The molecule has 1 atom stereocenters. The maximum atomic E-state index is 6.21. The first-order valence-electron chi connectivity index (χ1n) is 6.23. The van der Waals surface area contributed by atoms with E-state index >= 15 is 0 Å². The Labute approximate surface area is 113 Å². The van der Waals surface area contributed by atoms with Crippen LogP contribution in [0.25, 0.3) is 0 Å². The smallest absolute Gasteiger partial charge is 0.108 e. The summed E-state index contributed by atoms with van der Waals surface area (Å²) in [4.78, 5) is 0. The topological polar surface area (TPSA) is 25.2 Å². The van der Waals surface area contributed by atoms with E-state index in [1.807, 2.05) is 31.3 Å². The van der Waals surface area contributed by atoms with Crippen LogP contribution < -0.4 is 5.32 Å². The standard InChI is InChI=1S/C15H18ClNO/c1-3-15-12(8-9-18-15)14(17-2)10-11-6-4-5-7-13(11)16/h4-9,14,17H,3,10H2,1-2H3. The predicted molar refractivity (Wildman–Crippen MR) is 75.0 cm³/mol. The van der Waals surface area contributed by atoms with Crippen LogP contribution in [0.3, 0.4) is 0 Å². The molecule has 2 rings (SSSR count). The van der Waals surface area contributed by atoms with Crippen LogP contribution in [0, 0.1) is 0 Å². The van der Waals surface area contributed by atoms with E-state index in [0.29, 0.717) is 0 Å². The van der Waals surface area contributed by atoms with Gasteiger partial charge in [0.2, 0.25) is 0 Å². The Kier molecular flexibility index (Phi) is 4.45. The first-order valence-corrected chi connectivity index (χ1v) is 6.61. The van der Waals surface area contributed by atoms with E-state index in [0.717, 1.165) is 29.2 Å². The highest BCUT2D eigenvalue weighted by molar-refractivity contribution is 6.31. The summed E-state index contributed by atoms with van der Waals surface area (Å²) in [6, 6.07) is 10.2. The molecule has 2 aromatic rings. The normalized spacial score (nSPS) is 12.6. The molecule has 1 aromatic heterocycles. The van der Waals surface area contributed by atoms with Gasteiger partial charge in [-0.05, 0) is 31.2 Å². The zero-order chi connectivity index (χ0) is 13.0. The average molecular weight is 264 g/mol. The summed E-state index contributed by atoms with van der Waals surface area (Å²) in [5.41, 5.74) is 2.38. The van der Waals surface area contributed by atoms with Crippen LogP contribution in [0.1, 0.15) is 29.9 Å². The third-order valence-electron chi connectivity index (χ3n) is 3.21. The molecule has 0 fully saturated rings. The fraction of sp³-hybridized carbons (Fsp3) is 0.333. The van der Waals surface area contributed by atoms with Crippen LogP contribution in [-0.4, -0.2) is 7.05 Å². The van der Waals surface area contributed by atoms with Gasteiger partial charge in [-0.1, -0.05) is 36.7 Å². The van der Waals surface area contributed by atoms with Gasteiger partial charge in [-0.15, -0.1) is 0 Å². The maximum absolute atomic E-state index is 6.21. The zero-order valence-electron chi connectivity index (χ0n) is 10.7. The van der Waals surface area contributed by atoms with Crippen molar-refractivity contribution in [3.05, 3.63) is 58.5 Å². The van der Waals surface area contributed by atoms with E-state index in [4.69, 9.17) is 16.0 Å². The van der Waals surface area contributed by atoms with Gasteiger partial charge in [0.05, 0.1) is 6.26 Å². The molecule has 1 aromatic carbocycles. The first-order chi connectivity index (χ1) is 8.76. The van der Waals surface area contributed by atoms with E-state index in [1.165, 1.54) is 5.56 Å². The molecule has 1 heterocycles. The second-order valence-electron chi connectivity index (χ2n) is 4.29. The van der Waals surface area contributed by atoms with E-state index in [2.05, 4.69) is 18.3 Å². The van der Waals surface area contributed by atoms with E-state index in [1.54, 1.807) is 6.26 Å². The van der Waals surface area contributed by atoms with Gasteiger partial charge >= 0.3 is 0 Å². The summed E-state index contributed by atoms with van der Waals surface area (Å²) in [7, 11) is 1.97. The minimum atomic E-state index is 0.235. The van der Waals surface area contributed by atoms with Gasteiger partial charge in [0.15, 0.2) is 0 Å². The third kappa shape index (κ3) is 2.77. The van der Waals surface area contributed by atoms with E-state index < -0.39 is 0 Å². The number of benzene rings is 1. The molecule has 0 saturated carbocycles. The van der Waals surface area contributed by atoms with Gasteiger partial charge in [0.25, 0.3) is 0 Å². The van der Waals surface area contributed by atoms with Crippen LogP contribution in [0.15, 0.2) is 41.0 Å². The number of hydrogen-bond donors (Lipinski definition) is 1. The Hall–Kier alpha value is -1.25. The molecular weight excluding hydrogens is 246 g/mol. The lowest BCUT2D eigenvalue weighted by Crippen LogP contribution is -2.19. The maximum Gasteiger partial charge on any atom is 0.108 e. The van der Waals surface area contributed by atoms with Crippen LogP contribution in [0.4, 0.5) is 0 Å².